The molecule has 0 aliphatic heterocycles. The molecule has 2 aromatic rings. The van der Waals surface area contributed by atoms with E-state index in [0.717, 1.165) is 27.2 Å². The van der Waals surface area contributed by atoms with E-state index >= 15 is 0 Å². The fourth-order valence-electron chi connectivity index (χ4n) is 1.46. The highest BCUT2D eigenvalue weighted by Crippen LogP contribution is 2.27. The Labute approximate surface area is 86.9 Å². The number of anilines is 1. The Kier molecular flexibility index (Phi) is 2.27. The van der Waals surface area contributed by atoms with E-state index in [4.69, 9.17) is 17.4 Å². The van der Waals surface area contributed by atoms with Gasteiger partial charge in [0.25, 0.3) is 0 Å². The number of pyridine rings is 1. The molecule has 14 heavy (non-hydrogen) atoms. The molecular weight excluding hydrogens is 198 g/mol. The average molecular weight is 208 g/mol. The molecule has 0 aliphatic carbocycles. The number of nitrogens with zero attached hydrogens (tertiary/aromatic N) is 1. The molecule has 72 valence electrons. The lowest BCUT2D eigenvalue weighted by molar-refractivity contribution is 1.32. The van der Waals surface area contributed by atoms with Crippen LogP contribution in [0.3, 0.4) is 0 Å². The van der Waals surface area contributed by atoms with Gasteiger partial charge >= 0.3 is 0 Å². The summed E-state index contributed by atoms with van der Waals surface area (Å²) in [6, 6.07) is 5.59. The second-order valence-corrected chi connectivity index (χ2v) is 3.48. The fraction of sp³-hybridized carbons (Fsp3) is 0.100. The van der Waals surface area contributed by atoms with Crippen LogP contribution in [0.15, 0.2) is 24.4 Å². The number of fused-ring (bicyclic) bond motifs is 1. The molecule has 1 aromatic carbocycles. The molecular formula is C10H10ClN3. The number of hydrazine groups is 1. The molecule has 0 fully saturated rings. The number of nitrogen functional groups attached to an aromatic ring is 1. The van der Waals surface area contributed by atoms with Gasteiger partial charge in [0.2, 0.25) is 0 Å². The van der Waals surface area contributed by atoms with Gasteiger partial charge in [-0.15, -0.1) is 0 Å². The zero-order chi connectivity index (χ0) is 10.1. The Hall–Kier alpha value is -1.32. The van der Waals surface area contributed by atoms with Crippen molar-refractivity contribution in [2.75, 3.05) is 5.43 Å². The zero-order valence-electron chi connectivity index (χ0n) is 7.71. The second kappa shape index (κ2) is 3.44. The Morgan fingerprint density at radius 2 is 2.14 bits per heavy atom. The lowest BCUT2D eigenvalue weighted by Crippen LogP contribution is -2.07. The third-order valence-electron chi connectivity index (χ3n) is 2.26. The van der Waals surface area contributed by atoms with Gasteiger partial charge in [-0.3, -0.25) is 10.8 Å². The van der Waals surface area contributed by atoms with Crippen LogP contribution in [0.4, 0.5) is 5.69 Å². The van der Waals surface area contributed by atoms with Crippen LogP contribution < -0.4 is 11.3 Å². The number of halogens is 1. The predicted molar refractivity (Wildman–Crippen MR) is 59.3 cm³/mol. The first-order chi connectivity index (χ1) is 6.74. The Morgan fingerprint density at radius 1 is 1.36 bits per heavy atom. The molecule has 1 heterocycles. The van der Waals surface area contributed by atoms with Crippen LogP contribution in [-0.2, 0) is 0 Å². The molecule has 2 rings (SSSR count). The lowest BCUT2D eigenvalue weighted by atomic mass is 10.1. The van der Waals surface area contributed by atoms with Gasteiger partial charge in [-0.05, 0) is 30.7 Å². The Morgan fingerprint density at radius 3 is 2.86 bits per heavy atom. The van der Waals surface area contributed by atoms with Crippen molar-refractivity contribution in [3.05, 3.63) is 35.0 Å². The van der Waals surface area contributed by atoms with Gasteiger partial charge in [0.1, 0.15) is 0 Å². The molecule has 0 saturated carbocycles. The molecule has 3 nitrogen and oxygen atoms in total. The topological polar surface area (TPSA) is 50.9 Å². The van der Waals surface area contributed by atoms with Gasteiger partial charge in [-0.2, -0.15) is 0 Å². The summed E-state index contributed by atoms with van der Waals surface area (Å²) in [5.74, 6) is 5.39. The first-order valence-electron chi connectivity index (χ1n) is 4.24. The average Bonchev–Trinajstić information content (AvgIpc) is 2.23. The van der Waals surface area contributed by atoms with Crippen LogP contribution in [0.1, 0.15) is 5.56 Å². The number of hydrogen-bond acceptors (Lipinski definition) is 3. The molecule has 0 amide bonds. The van der Waals surface area contributed by atoms with Crippen molar-refractivity contribution in [2.24, 2.45) is 5.84 Å². The van der Waals surface area contributed by atoms with E-state index in [1.54, 1.807) is 6.20 Å². The maximum Gasteiger partial charge on any atom is 0.0767 e. The second-order valence-electron chi connectivity index (χ2n) is 3.07. The number of aromatic nitrogens is 1. The first-order valence-corrected chi connectivity index (χ1v) is 4.62. The van der Waals surface area contributed by atoms with Crippen LogP contribution in [0.25, 0.3) is 10.9 Å². The summed E-state index contributed by atoms with van der Waals surface area (Å²) in [7, 11) is 0. The van der Waals surface area contributed by atoms with Crippen molar-refractivity contribution >= 4 is 28.2 Å². The maximum atomic E-state index is 5.99. The lowest BCUT2D eigenvalue weighted by Gasteiger charge is -2.07. The summed E-state index contributed by atoms with van der Waals surface area (Å²) >= 11 is 5.99. The summed E-state index contributed by atoms with van der Waals surface area (Å²) in [5.41, 5.74) is 5.35. The highest BCUT2D eigenvalue weighted by Gasteiger charge is 2.05. The van der Waals surface area contributed by atoms with Crippen molar-refractivity contribution in [2.45, 2.75) is 6.92 Å². The molecule has 0 spiro atoms. The zero-order valence-corrected chi connectivity index (χ0v) is 8.47. The SMILES string of the molecule is Cc1c(Cl)ccc2c(NN)ccnc12. The molecule has 0 atom stereocenters. The van der Waals surface area contributed by atoms with Gasteiger partial charge in [0.05, 0.1) is 11.2 Å². The molecule has 4 heteroatoms. The normalized spacial score (nSPS) is 10.5. The van der Waals surface area contributed by atoms with Crippen LogP contribution in [0.5, 0.6) is 0 Å². The van der Waals surface area contributed by atoms with Gasteiger partial charge in [0.15, 0.2) is 0 Å². The largest absolute Gasteiger partial charge is 0.323 e. The van der Waals surface area contributed by atoms with Crippen LogP contribution in [0, 0.1) is 6.92 Å². The minimum Gasteiger partial charge on any atom is -0.323 e. The van der Waals surface area contributed by atoms with Crippen LogP contribution in [-0.4, -0.2) is 4.98 Å². The summed E-state index contributed by atoms with van der Waals surface area (Å²) in [4.78, 5) is 4.27. The summed E-state index contributed by atoms with van der Waals surface area (Å²) < 4.78 is 0. The van der Waals surface area contributed by atoms with Gasteiger partial charge < -0.3 is 5.43 Å². The minimum absolute atomic E-state index is 0.721. The minimum atomic E-state index is 0.721. The van der Waals surface area contributed by atoms with Crippen molar-refractivity contribution < 1.29 is 0 Å². The van der Waals surface area contributed by atoms with E-state index < -0.39 is 0 Å². The highest BCUT2D eigenvalue weighted by atomic mass is 35.5. The van der Waals surface area contributed by atoms with Crippen molar-refractivity contribution in [3.63, 3.8) is 0 Å². The molecule has 0 aliphatic rings. The predicted octanol–water partition coefficient (Wildman–Crippen LogP) is 2.48. The Bertz CT molecular complexity index is 482. The molecule has 1 aromatic heterocycles. The number of nitrogens with one attached hydrogen (secondary N) is 1. The van der Waals surface area contributed by atoms with E-state index in [1.165, 1.54) is 0 Å². The molecule has 0 radical (unpaired) electrons. The molecule has 0 bridgehead atoms. The van der Waals surface area contributed by atoms with E-state index in [0.29, 0.717) is 0 Å². The van der Waals surface area contributed by atoms with Crippen molar-refractivity contribution in [1.29, 1.82) is 0 Å². The number of benzene rings is 1. The molecule has 0 saturated heterocycles. The fourth-order valence-corrected chi connectivity index (χ4v) is 1.61. The summed E-state index contributed by atoms with van der Waals surface area (Å²) in [6.45, 7) is 1.94. The van der Waals surface area contributed by atoms with E-state index in [9.17, 15) is 0 Å². The quantitative estimate of drug-likeness (QED) is 0.558. The van der Waals surface area contributed by atoms with Crippen molar-refractivity contribution in [3.8, 4) is 0 Å². The van der Waals surface area contributed by atoms with E-state index in [-0.39, 0.29) is 0 Å². The summed E-state index contributed by atoms with van der Waals surface area (Å²) in [5, 5.41) is 1.70. The smallest absolute Gasteiger partial charge is 0.0767 e. The number of aryl methyl sites for hydroxylation is 1. The van der Waals surface area contributed by atoms with Crippen LogP contribution in [0.2, 0.25) is 5.02 Å². The van der Waals surface area contributed by atoms with Gasteiger partial charge in [-0.1, -0.05) is 11.6 Å². The number of nitrogens with two attached hydrogens (primary N) is 1. The monoisotopic (exact) mass is 207 g/mol. The Balaban J connectivity index is 2.86. The van der Waals surface area contributed by atoms with Gasteiger partial charge in [0, 0.05) is 16.6 Å². The van der Waals surface area contributed by atoms with E-state index in [2.05, 4.69) is 10.4 Å². The number of hydrogen-bond donors (Lipinski definition) is 2. The third-order valence-corrected chi connectivity index (χ3v) is 2.66. The third kappa shape index (κ3) is 1.31. The summed E-state index contributed by atoms with van der Waals surface area (Å²) in [6.07, 6.45) is 1.71. The standard InChI is InChI=1S/C10H10ClN3/c1-6-8(11)3-2-7-9(14-12)4-5-13-10(6)7/h2-5H,12H2,1H3,(H,13,14). The van der Waals surface area contributed by atoms with Crippen LogP contribution >= 0.6 is 11.6 Å². The van der Waals surface area contributed by atoms with Crippen molar-refractivity contribution in [1.82, 2.24) is 4.98 Å². The van der Waals surface area contributed by atoms with Gasteiger partial charge in [-0.25, -0.2) is 0 Å². The number of rotatable bonds is 1. The maximum absolute atomic E-state index is 5.99. The molecule has 0 unspecified atom stereocenters. The molecule has 3 N–H and O–H groups in total. The first kappa shape index (κ1) is 9.24. The van der Waals surface area contributed by atoms with E-state index in [1.807, 2.05) is 25.1 Å². The highest BCUT2D eigenvalue weighted by molar-refractivity contribution is 6.32.